The normalized spacial score (nSPS) is 10.2. The number of nitriles is 1. The van der Waals surface area contributed by atoms with Crippen LogP contribution in [0, 0.1) is 11.3 Å². The van der Waals surface area contributed by atoms with Gasteiger partial charge in [0.1, 0.15) is 6.54 Å². The maximum Gasteiger partial charge on any atom is 0.231 e. The number of hydrogen-bond donors (Lipinski definition) is 2. The third-order valence-electron chi connectivity index (χ3n) is 2.18. The van der Waals surface area contributed by atoms with Crippen LogP contribution in [-0.2, 0) is 16.1 Å². The molecule has 0 saturated heterocycles. The van der Waals surface area contributed by atoms with Gasteiger partial charge in [0, 0.05) is 20.2 Å². The molecule has 0 spiro atoms. The minimum Gasteiger partial charge on any atom is -0.383 e. The molecule has 0 aliphatic rings. The molecule has 1 amide bonds. The zero-order valence-corrected chi connectivity index (χ0v) is 12.0. The molecule has 0 fully saturated rings. The van der Waals surface area contributed by atoms with Gasteiger partial charge in [-0.2, -0.15) is 5.26 Å². The summed E-state index contributed by atoms with van der Waals surface area (Å²) in [6.45, 7) is 2.74. The second-order valence-electron chi connectivity index (χ2n) is 3.65. The van der Waals surface area contributed by atoms with Crippen LogP contribution in [0.3, 0.4) is 0 Å². The van der Waals surface area contributed by atoms with Gasteiger partial charge in [-0.15, -0.1) is 5.10 Å². The lowest BCUT2D eigenvalue weighted by Crippen LogP contribution is -2.26. The molecule has 2 N–H and O–H groups in total. The molecule has 0 bridgehead atoms. The van der Waals surface area contributed by atoms with Crippen molar-refractivity contribution in [2.75, 3.05) is 39.1 Å². The zero-order chi connectivity index (χ0) is 14.6. The fourth-order valence-corrected chi connectivity index (χ4v) is 1.98. The number of rotatable bonds is 10. The quantitative estimate of drug-likeness (QED) is 0.309. The van der Waals surface area contributed by atoms with Gasteiger partial charge in [0.15, 0.2) is 0 Å². The molecule has 0 aromatic carbocycles. The average Bonchev–Trinajstić information content (AvgIpc) is 2.90. The van der Waals surface area contributed by atoms with Crippen molar-refractivity contribution in [3.63, 3.8) is 0 Å². The Morgan fingerprint density at radius 2 is 2.40 bits per heavy atom. The van der Waals surface area contributed by atoms with Gasteiger partial charge in [0.05, 0.1) is 25.0 Å². The molecule has 1 aromatic rings. The van der Waals surface area contributed by atoms with Crippen molar-refractivity contribution < 1.29 is 9.53 Å². The van der Waals surface area contributed by atoms with E-state index in [0.29, 0.717) is 24.9 Å². The topological polar surface area (TPSA) is 118 Å². The molecule has 110 valence electrons. The Morgan fingerprint density at radius 1 is 1.55 bits per heavy atom. The van der Waals surface area contributed by atoms with Gasteiger partial charge in [-0.05, 0) is 10.4 Å². The fraction of sp³-hybridized carbons (Fsp3) is 0.700. The fourth-order valence-electron chi connectivity index (χ4n) is 1.24. The van der Waals surface area contributed by atoms with Crippen molar-refractivity contribution >= 4 is 17.7 Å². The predicted octanol–water partition coefficient (Wildman–Crippen LogP) is -1.36. The van der Waals surface area contributed by atoms with Crippen LogP contribution >= 0.6 is 11.8 Å². The summed E-state index contributed by atoms with van der Waals surface area (Å²) in [7, 11) is 1.65. The van der Waals surface area contributed by atoms with E-state index in [9.17, 15) is 4.79 Å². The molecule has 1 rings (SSSR count). The van der Waals surface area contributed by atoms with Crippen LogP contribution in [0.4, 0.5) is 0 Å². The molecule has 0 saturated carbocycles. The van der Waals surface area contributed by atoms with Crippen molar-refractivity contribution in [3.05, 3.63) is 0 Å². The Bertz CT molecular complexity index is 445. The Balaban J connectivity index is 2.28. The number of aromatic nitrogens is 4. The summed E-state index contributed by atoms with van der Waals surface area (Å²) in [5, 5.41) is 25.8. The van der Waals surface area contributed by atoms with Crippen molar-refractivity contribution in [3.8, 4) is 6.07 Å². The van der Waals surface area contributed by atoms with Crippen LogP contribution < -0.4 is 10.6 Å². The predicted molar refractivity (Wildman–Crippen MR) is 71.9 cm³/mol. The maximum absolute atomic E-state index is 11.4. The highest BCUT2D eigenvalue weighted by molar-refractivity contribution is 7.99. The monoisotopic (exact) mass is 299 g/mol. The summed E-state index contributed by atoms with van der Waals surface area (Å²) in [5.74, 6) is -0.0385. The van der Waals surface area contributed by atoms with Gasteiger partial charge >= 0.3 is 0 Å². The number of carbonyl (C=O) groups excluding carboxylic acids is 1. The number of hydrogen-bond acceptors (Lipinski definition) is 8. The molecule has 9 nitrogen and oxygen atoms in total. The van der Waals surface area contributed by atoms with E-state index in [1.54, 1.807) is 11.8 Å². The number of amides is 1. The first-order valence-electron chi connectivity index (χ1n) is 6.00. The number of ether oxygens (including phenoxy) is 1. The van der Waals surface area contributed by atoms with Crippen LogP contribution in [0.2, 0.25) is 0 Å². The minimum atomic E-state index is -0.218. The van der Waals surface area contributed by atoms with Crippen molar-refractivity contribution in [2.45, 2.75) is 11.7 Å². The van der Waals surface area contributed by atoms with E-state index >= 15 is 0 Å². The summed E-state index contributed by atoms with van der Waals surface area (Å²) in [6, 6.07) is 1.84. The van der Waals surface area contributed by atoms with Crippen LogP contribution in [-0.4, -0.2) is 65.2 Å². The first-order chi connectivity index (χ1) is 9.77. The lowest BCUT2D eigenvalue weighted by molar-refractivity contribution is -0.118. The summed E-state index contributed by atoms with van der Waals surface area (Å²) < 4.78 is 6.55. The highest BCUT2D eigenvalue weighted by atomic mass is 32.2. The highest BCUT2D eigenvalue weighted by Crippen LogP contribution is 2.12. The van der Waals surface area contributed by atoms with Crippen LogP contribution in [0.5, 0.6) is 0 Å². The second kappa shape index (κ2) is 10.1. The summed E-state index contributed by atoms with van der Waals surface area (Å²) >= 11 is 1.23. The van der Waals surface area contributed by atoms with Gasteiger partial charge in [-0.25, -0.2) is 4.68 Å². The first-order valence-corrected chi connectivity index (χ1v) is 6.98. The van der Waals surface area contributed by atoms with Crippen molar-refractivity contribution in [1.29, 1.82) is 5.26 Å². The van der Waals surface area contributed by atoms with E-state index in [0.717, 1.165) is 6.54 Å². The molecular weight excluding hydrogens is 282 g/mol. The molecule has 0 unspecified atom stereocenters. The summed E-state index contributed by atoms with van der Waals surface area (Å²) in [4.78, 5) is 11.4. The number of thioether (sulfide) groups is 1. The minimum absolute atomic E-state index is 0.00769. The summed E-state index contributed by atoms with van der Waals surface area (Å²) in [6.07, 6.45) is 0. The zero-order valence-electron chi connectivity index (χ0n) is 11.2. The average molecular weight is 299 g/mol. The van der Waals surface area contributed by atoms with Gasteiger partial charge in [-0.3, -0.25) is 4.79 Å². The molecular formula is C10H17N7O2S. The number of tetrazole rings is 1. The molecule has 0 atom stereocenters. The van der Waals surface area contributed by atoms with E-state index in [-0.39, 0.29) is 18.2 Å². The molecule has 0 aliphatic heterocycles. The number of methoxy groups -OCH3 is 1. The molecule has 20 heavy (non-hydrogen) atoms. The van der Waals surface area contributed by atoms with E-state index < -0.39 is 0 Å². The van der Waals surface area contributed by atoms with Crippen LogP contribution in [0.15, 0.2) is 5.16 Å². The van der Waals surface area contributed by atoms with Gasteiger partial charge < -0.3 is 15.4 Å². The second-order valence-corrected chi connectivity index (χ2v) is 4.59. The van der Waals surface area contributed by atoms with E-state index in [4.69, 9.17) is 10.00 Å². The Kier molecular flexibility index (Phi) is 8.28. The molecule has 0 aliphatic carbocycles. The Morgan fingerprint density at radius 3 is 3.15 bits per heavy atom. The van der Waals surface area contributed by atoms with E-state index in [1.165, 1.54) is 11.8 Å². The Hall–Kier alpha value is -1.70. The molecule has 1 aromatic heterocycles. The lowest BCUT2D eigenvalue weighted by Gasteiger charge is -2.05. The van der Waals surface area contributed by atoms with Gasteiger partial charge in [-0.1, -0.05) is 11.8 Å². The van der Waals surface area contributed by atoms with Crippen molar-refractivity contribution in [1.82, 2.24) is 30.8 Å². The smallest absolute Gasteiger partial charge is 0.231 e. The Labute approximate surface area is 121 Å². The molecule has 0 radical (unpaired) electrons. The van der Waals surface area contributed by atoms with Gasteiger partial charge in [0.25, 0.3) is 0 Å². The summed E-state index contributed by atoms with van der Waals surface area (Å²) in [5.41, 5.74) is 0. The molecule has 10 heteroatoms. The number of nitrogens with zero attached hydrogens (tertiary/aromatic N) is 5. The number of carbonyl (C=O) groups is 1. The van der Waals surface area contributed by atoms with Gasteiger partial charge in [0.2, 0.25) is 11.1 Å². The third-order valence-corrected chi connectivity index (χ3v) is 3.14. The first kappa shape index (κ1) is 16.4. The standard InChI is InChI=1S/C10H17N7O2S/c1-19-7-5-12-4-6-17-10(14-15-16-17)20-8-9(18)13-3-2-11/h12H,3-8H2,1H3,(H,13,18). The van der Waals surface area contributed by atoms with E-state index in [2.05, 4.69) is 26.2 Å². The maximum atomic E-state index is 11.4. The largest absolute Gasteiger partial charge is 0.383 e. The van der Waals surface area contributed by atoms with Crippen molar-refractivity contribution in [2.24, 2.45) is 0 Å². The highest BCUT2D eigenvalue weighted by Gasteiger charge is 2.09. The van der Waals surface area contributed by atoms with Crippen LogP contribution in [0.25, 0.3) is 0 Å². The number of nitrogens with one attached hydrogen (secondary N) is 2. The lowest BCUT2D eigenvalue weighted by atomic mass is 10.6. The molecule has 1 heterocycles. The SMILES string of the molecule is COCCNCCn1nnnc1SCC(=O)NCC#N. The van der Waals surface area contributed by atoms with Crippen LogP contribution in [0.1, 0.15) is 0 Å². The third kappa shape index (κ3) is 6.46. The van der Waals surface area contributed by atoms with E-state index in [1.807, 2.05) is 6.07 Å².